The van der Waals surface area contributed by atoms with Crippen molar-refractivity contribution in [2.24, 2.45) is 0 Å². The fraction of sp³-hybridized carbons (Fsp3) is 0.0476. The average molecular weight is 427 g/mol. The lowest BCUT2D eigenvalue weighted by molar-refractivity contribution is -0.384. The summed E-state index contributed by atoms with van der Waals surface area (Å²) in [6.45, 7) is 0. The third kappa shape index (κ3) is 5.33. The number of carbonyl (C=O) groups is 2. The summed E-state index contributed by atoms with van der Waals surface area (Å²) in [5.74, 6) is -0.979. The fourth-order valence-corrected chi connectivity index (χ4v) is 2.73. The molecule has 152 valence electrons. The molecule has 0 fully saturated rings. The van der Waals surface area contributed by atoms with Gasteiger partial charge < -0.3 is 14.5 Å². The minimum atomic E-state index is -1.27. The van der Waals surface area contributed by atoms with Crippen molar-refractivity contribution >= 4 is 40.9 Å². The van der Waals surface area contributed by atoms with Gasteiger partial charge in [0.15, 0.2) is 0 Å². The average Bonchev–Trinajstić information content (AvgIpc) is 3.26. The summed E-state index contributed by atoms with van der Waals surface area (Å²) in [6, 6.07) is 15.4. The Morgan fingerprint density at radius 1 is 1.13 bits per heavy atom. The molecule has 0 saturated carbocycles. The van der Waals surface area contributed by atoms with Crippen molar-refractivity contribution in [3.05, 3.63) is 99.5 Å². The van der Waals surface area contributed by atoms with Gasteiger partial charge in [-0.15, -0.1) is 0 Å². The largest absolute Gasteiger partial charge is 0.465 e. The van der Waals surface area contributed by atoms with E-state index in [1.54, 1.807) is 42.5 Å². The van der Waals surface area contributed by atoms with E-state index in [-0.39, 0.29) is 16.4 Å². The van der Waals surface area contributed by atoms with E-state index < -0.39 is 22.9 Å². The van der Waals surface area contributed by atoms with Crippen LogP contribution in [0.2, 0.25) is 5.02 Å². The minimum Gasteiger partial charge on any atom is -0.465 e. The number of esters is 1. The standard InChI is InChI=1S/C21H15ClN2O6/c22-17-13-15(24(27)28)8-10-18(17)23-21(26)20(14-5-2-1-3-6-14)30-19(25)11-9-16-7-4-12-29-16/h1-13,20H,(H,23,26)/b11-9+/t20-/m0/s1. The van der Waals surface area contributed by atoms with Crippen LogP contribution in [0.3, 0.4) is 0 Å². The molecule has 0 spiro atoms. The second-order valence-electron chi connectivity index (χ2n) is 5.99. The van der Waals surface area contributed by atoms with Gasteiger partial charge in [0.1, 0.15) is 5.76 Å². The van der Waals surface area contributed by atoms with Crippen molar-refractivity contribution < 1.29 is 23.7 Å². The number of anilines is 1. The highest BCUT2D eigenvalue weighted by Gasteiger charge is 2.25. The lowest BCUT2D eigenvalue weighted by Gasteiger charge is -2.17. The Balaban J connectivity index is 1.79. The van der Waals surface area contributed by atoms with Gasteiger partial charge in [-0.2, -0.15) is 0 Å². The zero-order valence-electron chi connectivity index (χ0n) is 15.4. The molecule has 1 amide bonds. The molecular formula is C21H15ClN2O6. The lowest BCUT2D eigenvalue weighted by Crippen LogP contribution is -2.25. The number of non-ortho nitro benzene ring substituents is 1. The van der Waals surface area contributed by atoms with E-state index in [1.807, 2.05) is 0 Å². The van der Waals surface area contributed by atoms with E-state index in [4.69, 9.17) is 20.8 Å². The number of nitrogens with one attached hydrogen (secondary N) is 1. The number of furan rings is 1. The van der Waals surface area contributed by atoms with E-state index in [0.29, 0.717) is 11.3 Å². The maximum Gasteiger partial charge on any atom is 0.332 e. The first-order valence-corrected chi connectivity index (χ1v) is 9.04. The summed E-state index contributed by atoms with van der Waals surface area (Å²) in [4.78, 5) is 35.3. The maximum atomic E-state index is 12.8. The maximum absolute atomic E-state index is 12.8. The molecule has 2 aromatic carbocycles. The van der Waals surface area contributed by atoms with Crippen LogP contribution in [-0.4, -0.2) is 16.8 Å². The zero-order valence-corrected chi connectivity index (χ0v) is 16.1. The quantitative estimate of drug-likeness (QED) is 0.252. The van der Waals surface area contributed by atoms with Crippen LogP contribution in [0, 0.1) is 10.1 Å². The van der Waals surface area contributed by atoms with Crippen molar-refractivity contribution in [2.75, 3.05) is 5.32 Å². The molecule has 1 heterocycles. The predicted molar refractivity (Wildman–Crippen MR) is 110 cm³/mol. The lowest BCUT2D eigenvalue weighted by atomic mass is 10.1. The van der Waals surface area contributed by atoms with Gasteiger partial charge in [0.25, 0.3) is 11.6 Å². The molecule has 0 unspecified atom stereocenters. The van der Waals surface area contributed by atoms with Crippen molar-refractivity contribution in [1.82, 2.24) is 0 Å². The number of nitro groups is 1. The number of ether oxygens (including phenoxy) is 1. The van der Waals surface area contributed by atoms with E-state index in [2.05, 4.69) is 5.32 Å². The molecule has 9 heteroatoms. The van der Waals surface area contributed by atoms with Crippen LogP contribution in [0.25, 0.3) is 6.08 Å². The molecule has 0 bridgehead atoms. The first kappa shape index (κ1) is 20.8. The van der Waals surface area contributed by atoms with Crippen LogP contribution in [-0.2, 0) is 14.3 Å². The number of amides is 1. The SMILES string of the molecule is O=C(/C=C/c1ccco1)O[C@H](C(=O)Nc1ccc([N+](=O)[O-])cc1Cl)c1ccccc1. The Hall–Kier alpha value is -3.91. The summed E-state index contributed by atoms with van der Waals surface area (Å²) in [5.41, 5.74) is 0.371. The van der Waals surface area contributed by atoms with Crippen molar-refractivity contribution in [3.8, 4) is 0 Å². The highest BCUT2D eigenvalue weighted by atomic mass is 35.5. The Kier molecular flexibility index (Phi) is 6.61. The first-order valence-electron chi connectivity index (χ1n) is 8.66. The highest BCUT2D eigenvalue weighted by Crippen LogP contribution is 2.28. The molecule has 1 N–H and O–H groups in total. The Morgan fingerprint density at radius 3 is 2.53 bits per heavy atom. The summed E-state index contributed by atoms with van der Waals surface area (Å²) in [5, 5.41) is 13.4. The van der Waals surface area contributed by atoms with Crippen molar-refractivity contribution in [1.29, 1.82) is 0 Å². The van der Waals surface area contributed by atoms with Gasteiger partial charge in [0, 0.05) is 23.8 Å². The number of nitrogens with zero attached hydrogens (tertiary/aromatic N) is 1. The second-order valence-corrected chi connectivity index (χ2v) is 6.39. The van der Waals surface area contributed by atoms with Crippen LogP contribution in [0.15, 0.2) is 77.4 Å². The van der Waals surface area contributed by atoms with Crippen LogP contribution in [0.5, 0.6) is 0 Å². The fourth-order valence-electron chi connectivity index (χ4n) is 2.51. The van der Waals surface area contributed by atoms with E-state index in [9.17, 15) is 19.7 Å². The minimum absolute atomic E-state index is 0.0200. The third-order valence-corrected chi connectivity index (χ3v) is 4.24. The topological polar surface area (TPSA) is 112 Å². The van der Waals surface area contributed by atoms with Gasteiger partial charge in [-0.3, -0.25) is 14.9 Å². The monoisotopic (exact) mass is 426 g/mol. The number of hydrogen-bond acceptors (Lipinski definition) is 6. The van der Waals surface area contributed by atoms with Crippen LogP contribution in [0.1, 0.15) is 17.4 Å². The predicted octanol–water partition coefficient (Wildman–Crippen LogP) is 4.78. The van der Waals surface area contributed by atoms with E-state index in [0.717, 1.165) is 12.1 Å². The Labute approximate surface area is 175 Å². The molecule has 0 radical (unpaired) electrons. The summed E-state index contributed by atoms with van der Waals surface area (Å²) >= 11 is 6.03. The molecule has 0 saturated heterocycles. The van der Waals surface area contributed by atoms with Gasteiger partial charge in [-0.1, -0.05) is 41.9 Å². The number of halogens is 1. The Morgan fingerprint density at radius 2 is 1.90 bits per heavy atom. The molecule has 3 rings (SSSR count). The van der Waals surface area contributed by atoms with Crippen molar-refractivity contribution in [2.45, 2.75) is 6.10 Å². The molecule has 0 aliphatic heterocycles. The molecule has 1 atom stereocenters. The smallest absolute Gasteiger partial charge is 0.332 e. The number of hydrogen-bond donors (Lipinski definition) is 1. The summed E-state index contributed by atoms with van der Waals surface area (Å²) in [6.07, 6.45) is 2.74. The van der Waals surface area contributed by atoms with Crippen molar-refractivity contribution in [3.63, 3.8) is 0 Å². The van der Waals surface area contributed by atoms with Gasteiger partial charge >= 0.3 is 5.97 Å². The van der Waals surface area contributed by atoms with Crippen LogP contribution >= 0.6 is 11.6 Å². The summed E-state index contributed by atoms with van der Waals surface area (Å²) < 4.78 is 10.4. The molecule has 30 heavy (non-hydrogen) atoms. The molecule has 1 aromatic heterocycles. The summed E-state index contributed by atoms with van der Waals surface area (Å²) in [7, 11) is 0. The molecular weight excluding hydrogens is 412 g/mol. The normalized spacial score (nSPS) is 11.8. The van der Waals surface area contributed by atoms with E-state index >= 15 is 0 Å². The second kappa shape index (κ2) is 9.53. The molecule has 8 nitrogen and oxygen atoms in total. The molecule has 0 aliphatic rings. The van der Waals surface area contributed by atoms with Gasteiger partial charge in [-0.05, 0) is 24.3 Å². The van der Waals surface area contributed by atoms with E-state index in [1.165, 1.54) is 24.5 Å². The van der Waals surface area contributed by atoms with Crippen LogP contribution in [0.4, 0.5) is 11.4 Å². The van der Waals surface area contributed by atoms with Gasteiger partial charge in [-0.25, -0.2) is 4.79 Å². The molecule has 0 aliphatic carbocycles. The third-order valence-electron chi connectivity index (χ3n) is 3.92. The van der Waals surface area contributed by atoms with Gasteiger partial charge in [0.2, 0.25) is 6.10 Å². The number of benzene rings is 2. The van der Waals surface area contributed by atoms with Gasteiger partial charge in [0.05, 0.1) is 21.9 Å². The highest BCUT2D eigenvalue weighted by molar-refractivity contribution is 6.34. The number of nitro benzene ring substituents is 1. The number of rotatable bonds is 7. The first-order chi connectivity index (χ1) is 14.4. The zero-order chi connectivity index (χ0) is 21.5. The Bertz CT molecular complexity index is 1080. The van der Waals surface area contributed by atoms with Crippen LogP contribution < -0.4 is 5.32 Å². The molecule has 3 aromatic rings. The number of carbonyl (C=O) groups excluding carboxylic acids is 2.